The van der Waals surface area contributed by atoms with E-state index in [0.29, 0.717) is 35.7 Å². The SMILES string of the molecule is COC(C(=O)CC1(C(F)F)CC1)c1nc(C)nc(N[C@H](C)c2cccc(C(F)F)c2C)c1C1OCCO1. The van der Waals surface area contributed by atoms with Crippen molar-refractivity contribution in [1.29, 1.82) is 0 Å². The Bertz CT molecular complexity index is 1140. The lowest BCUT2D eigenvalue weighted by atomic mass is 9.94. The van der Waals surface area contributed by atoms with Crippen LogP contribution < -0.4 is 5.32 Å². The van der Waals surface area contributed by atoms with Crippen LogP contribution in [0.15, 0.2) is 18.2 Å². The summed E-state index contributed by atoms with van der Waals surface area (Å²) in [6.07, 6.45) is -7.16. The second-order valence-corrected chi connectivity index (χ2v) is 9.64. The highest BCUT2D eigenvalue weighted by Crippen LogP contribution is 2.54. The van der Waals surface area contributed by atoms with Gasteiger partial charge in [0.25, 0.3) is 6.43 Å². The lowest BCUT2D eigenvalue weighted by Crippen LogP contribution is -2.26. The number of rotatable bonds is 11. The summed E-state index contributed by atoms with van der Waals surface area (Å²) in [6, 6.07) is 4.23. The maximum absolute atomic E-state index is 13.6. The molecule has 2 heterocycles. The molecule has 7 nitrogen and oxygen atoms in total. The molecule has 1 aromatic carbocycles. The Balaban J connectivity index is 1.73. The molecule has 0 amide bonds. The van der Waals surface area contributed by atoms with E-state index >= 15 is 0 Å². The van der Waals surface area contributed by atoms with Gasteiger partial charge in [-0.05, 0) is 44.7 Å². The summed E-state index contributed by atoms with van der Waals surface area (Å²) in [5, 5.41) is 3.25. The van der Waals surface area contributed by atoms with Gasteiger partial charge < -0.3 is 19.5 Å². The van der Waals surface area contributed by atoms with E-state index in [9.17, 15) is 22.4 Å². The summed E-state index contributed by atoms with van der Waals surface area (Å²) in [4.78, 5) is 22.2. The van der Waals surface area contributed by atoms with E-state index in [-0.39, 0.29) is 36.3 Å². The van der Waals surface area contributed by atoms with Gasteiger partial charge in [-0.25, -0.2) is 27.5 Å². The maximum Gasteiger partial charge on any atom is 0.264 e. The van der Waals surface area contributed by atoms with Crippen LogP contribution in [0.5, 0.6) is 0 Å². The number of carbonyl (C=O) groups excluding carboxylic acids is 1. The lowest BCUT2D eigenvalue weighted by Gasteiger charge is -2.26. The maximum atomic E-state index is 13.6. The molecule has 1 aliphatic carbocycles. The quantitative estimate of drug-likeness (QED) is 0.364. The topological polar surface area (TPSA) is 82.6 Å². The van der Waals surface area contributed by atoms with Crippen LogP contribution in [0.2, 0.25) is 0 Å². The van der Waals surface area contributed by atoms with E-state index in [4.69, 9.17) is 14.2 Å². The van der Waals surface area contributed by atoms with Crippen molar-refractivity contribution < 1.29 is 36.6 Å². The van der Waals surface area contributed by atoms with Crippen molar-refractivity contribution in [1.82, 2.24) is 9.97 Å². The van der Waals surface area contributed by atoms with Crippen molar-refractivity contribution in [2.45, 2.75) is 71.3 Å². The Morgan fingerprint density at radius 3 is 2.35 bits per heavy atom. The van der Waals surface area contributed by atoms with Crippen molar-refractivity contribution >= 4 is 11.6 Å². The Kier molecular flexibility index (Phi) is 8.15. The Morgan fingerprint density at radius 1 is 1.14 bits per heavy atom. The van der Waals surface area contributed by atoms with E-state index in [1.807, 2.05) is 0 Å². The van der Waals surface area contributed by atoms with Gasteiger partial charge in [0.1, 0.15) is 11.6 Å². The number of alkyl halides is 4. The first-order chi connectivity index (χ1) is 17.6. The minimum absolute atomic E-state index is 0.0635. The number of aryl methyl sites for hydroxylation is 1. The zero-order valence-corrected chi connectivity index (χ0v) is 21.2. The van der Waals surface area contributed by atoms with Crippen molar-refractivity contribution in [2.75, 3.05) is 25.6 Å². The van der Waals surface area contributed by atoms with Crippen LogP contribution in [0.25, 0.3) is 0 Å². The molecule has 1 saturated carbocycles. The number of anilines is 1. The summed E-state index contributed by atoms with van der Waals surface area (Å²) >= 11 is 0. The third kappa shape index (κ3) is 5.63. The number of nitrogens with one attached hydrogen (secondary N) is 1. The monoisotopic (exact) mass is 525 g/mol. The number of methoxy groups -OCH3 is 1. The van der Waals surface area contributed by atoms with Gasteiger partial charge in [0.2, 0.25) is 6.43 Å². The zero-order chi connectivity index (χ0) is 26.9. The molecule has 2 aromatic rings. The summed E-state index contributed by atoms with van der Waals surface area (Å²) < 4.78 is 71.0. The Hall–Kier alpha value is -2.63. The number of aromatic nitrogens is 2. The van der Waals surface area contributed by atoms with Gasteiger partial charge in [0.05, 0.1) is 30.5 Å². The smallest absolute Gasteiger partial charge is 0.264 e. The molecule has 4 rings (SSSR count). The minimum atomic E-state index is -2.62. The molecule has 37 heavy (non-hydrogen) atoms. The molecular weight excluding hydrogens is 494 g/mol. The first kappa shape index (κ1) is 27.4. The number of ketones is 1. The largest absolute Gasteiger partial charge is 0.367 e. The predicted octanol–water partition coefficient (Wildman–Crippen LogP) is 5.94. The number of ether oxygens (including phenoxy) is 3. The minimum Gasteiger partial charge on any atom is -0.367 e. The number of hydrogen-bond donors (Lipinski definition) is 1. The van der Waals surface area contributed by atoms with Gasteiger partial charge in [-0.15, -0.1) is 0 Å². The number of Topliss-reactive ketones (excluding diaryl/α,β-unsaturated/α-hetero) is 1. The van der Waals surface area contributed by atoms with Crippen LogP contribution in [0.4, 0.5) is 23.4 Å². The van der Waals surface area contributed by atoms with E-state index < -0.39 is 42.5 Å². The van der Waals surface area contributed by atoms with Crippen LogP contribution in [-0.2, 0) is 19.0 Å². The first-order valence-electron chi connectivity index (χ1n) is 12.2. The van der Waals surface area contributed by atoms with Crippen molar-refractivity contribution in [3.8, 4) is 0 Å². The third-order valence-electron chi connectivity index (χ3n) is 7.07. The van der Waals surface area contributed by atoms with Gasteiger partial charge in [0, 0.05) is 24.5 Å². The van der Waals surface area contributed by atoms with Gasteiger partial charge in [-0.2, -0.15) is 0 Å². The van der Waals surface area contributed by atoms with Crippen LogP contribution in [-0.4, -0.2) is 42.5 Å². The Labute approximate surface area is 212 Å². The van der Waals surface area contributed by atoms with Crippen LogP contribution >= 0.6 is 0 Å². The number of nitrogens with zero attached hydrogens (tertiary/aromatic N) is 2. The van der Waals surface area contributed by atoms with Gasteiger partial charge >= 0.3 is 0 Å². The fourth-order valence-electron chi connectivity index (χ4n) is 4.80. The molecule has 202 valence electrons. The predicted molar refractivity (Wildman–Crippen MR) is 127 cm³/mol. The second-order valence-electron chi connectivity index (χ2n) is 9.64. The van der Waals surface area contributed by atoms with Crippen molar-refractivity contribution in [2.24, 2.45) is 5.41 Å². The molecule has 0 spiro atoms. The molecule has 2 atom stereocenters. The summed E-state index contributed by atoms with van der Waals surface area (Å²) in [5.41, 5.74) is 0.196. The number of hydrogen-bond acceptors (Lipinski definition) is 7. The van der Waals surface area contributed by atoms with Crippen molar-refractivity contribution in [3.05, 3.63) is 52.0 Å². The molecule has 11 heteroatoms. The molecule has 2 fully saturated rings. The first-order valence-corrected chi connectivity index (χ1v) is 12.2. The molecule has 1 aromatic heterocycles. The summed E-state index contributed by atoms with van der Waals surface area (Å²) in [6.45, 7) is 5.64. The van der Waals surface area contributed by atoms with Crippen LogP contribution in [0, 0.1) is 19.3 Å². The second kappa shape index (κ2) is 11.0. The van der Waals surface area contributed by atoms with Crippen LogP contribution in [0.3, 0.4) is 0 Å². The number of halogens is 4. The molecule has 1 aliphatic heterocycles. The third-order valence-corrected chi connectivity index (χ3v) is 7.07. The normalized spacial score (nSPS) is 18.9. The van der Waals surface area contributed by atoms with E-state index in [1.54, 1.807) is 32.9 Å². The molecule has 0 bridgehead atoms. The lowest BCUT2D eigenvalue weighted by molar-refractivity contribution is -0.132. The highest BCUT2D eigenvalue weighted by Gasteiger charge is 2.53. The molecule has 0 radical (unpaired) electrons. The number of benzene rings is 1. The van der Waals surface area contributed by atoms with Gasteiger partial charge in [0.15, 0.2) is 18.2 Å². The average molecular weight is 526 g/mol. The summed E-state index contributed by atoms with van der Waals surface area (Å²) in [7, 11) is 1.32. The fourth-order valence-corrected chi connectivity index (χ4v) is 4.80. The van der Waals surface area contributed by atoms with E-state index in [2.05, 4.69) is 15.3 Å². The van der Waals surface area contributed by atoms with E-state index in [1.165, 1.54) is 13.2 Å². The average Bonchev–Trinajstić information content (AvgIpc) is 3.42. The molecule has 1 unspecified atom stereocenters. The summed E-state index contributed by atoms with van der Waals surface area (Å²) in [5.74, 6) is 0.0695. The molecule has 1 saturated heterocycles. The number of carbonyl (C=O) groups is 1. The fraction of sp³-hybridized carbons (Fsp3) is 0.577. The van der Waals surface area contributed by atoms with Crippen LogP contribution in [0.1, 0.15) is 84.8 Å². The van der Waals surface area contributed by atoms with Gasteiger partial charge in [-0.1, -0.05) is 18.2 Å². The van der Waals surface area contributed by atoms with E-state index in [0.717, 1.165) is 0 Å². The van der Waals surface area contributed by atoms with Gasteiger partial charge in [-0.3, -0.25) is 4.79 Å². The Morgan fingerprint density at radius 2 is 1.78 bits per heavy atom. The highest BCUT2D eigenvalue weighted by molar-refractivity contribution is 5.85. The standard InChI is InChI=1S/C26H31F4N3O4/c1-13-16(6-5-7-17(13)22(27)28)14(2)31-23-19(24-36-10-11-37-24)20(32-15(3)33-23)21(35-4)18(34)12-26(8-9-26)25(29)30/h5-7,14,21-22,24-25H,8-12H2,1-4H3,(H,31,32,33)/t14-,21?/m1/s1. The zero-order valence-electron chi connectivity index (χ0n) is 21.2. The molecule has 2 aliphatic rings. The van der Waals surface area contributed by atoms with Crippen molar-refractivity contribution in [3.63, 3.8) is 0 Å². The highest BCUT2D eigenvalue weighted by atomic mass is 19.3. The molecular formula is C26H31F4N3O4. The molecule has 1 N–H and O–H groups in total.